The van der Waals surface area contributed by atoms with Crippen LogP contribution in [0.1, 0.15) is 0 Å². The Morgan fingerprint density at radius 1 is 1.40 bits per heavy atom. The molecule has 4 nitrogen and oxygen atoms in total. The summed E-state index contributed by atoms with van der Waals surface area (Å²) in [6.07, 6.45) is 0.176. The zero-order valence-electron chi connectivity index (χ0n) is 5.97. The standard InChI is InChI=1S/C6H13N3O/c1-3-9(5-7-1)6-8-2-4-10-6/h6-8H,1-5H2. The first-order valence-corrected chi connectivity index (χ1v) is 3.76. The first-order chi connectivity index (χ1) is 4.97. The third kappa shape index (κ3) is 1.15. The van der Waals surface area contributed by atoms with Crippen LogP contribution in [0, 0.1) is 0 Å². The van der Waals surface area contributed by atoms with Crippen molar-refractivity contribution >= 4 is 0 Å². The van der Waals surface area contributed by atoms with Gasteiger partial charge in [0.05, 0.1) is 13.3 Å². The molecule has 1 atom stereocenters. The van der Waals surface area contributed by atoms with Gasteiger partial charge in [-0.2, -0.15) is 0 Å². The maximum atomic E-state index is 5.41. The van der Waals surface area contributed by atoms with Gasteiger partial charge in [0.15, 0.2) is 6.35 Å². The fourth-order valence-electron chi connectivity index (χ4n) is 1.37. The first-order valence-electron chi connectivity index (χ1n) is 3.76. The van der Waals surface area contributed by atoms with E-state index in [0.717, 1.165) is 32.9 Å². The van der Waals surface area contributed by atoms with Gasteiger partial charge in [0, 0.05) is 19.6 Å². The van der Waals surface area contributed by atoms with Crippen LogP contribution >= 0.6 is 0 Å². The second-order valence-electron chi connectivity index (χ2n) is 2.65. The van der Waals surface area contributed by atoms with Crippen molar-refractivity contribution in [1.82, 2.24) is 15.5 Å². The minimum atomic E-state index is 0.176. The predicted molar refractivity (Wildman–Crippen MR) is 37.3 cm³/mol. The zero-order valence-corrected chi connectivity index (χ0v) is 5.97. The summed E-state index contributed by atoms with van der Waals surface area (Å²) in [5.41, 5.74) is 0. The highest BCUT2D eigenvalue weighted by Gasteiger charge is 2.24. The molecule has 2 aliphatic rings. The average Bonchev–Trinajstić information content (AvgIpc) is 2.59. The molecule has 2 N–H and O–H groups in total. The third-order valence-electron chi connectivity index (χ3n) is 1.92. The van der Waals surface area contributed by atoms with E-state index in [1.807, 2.05) is 0 Å². The quantitative estimate of drug-likeness (QED) is 0.481. The smallest absolute Gasteiger partial charge is 0.167 e. The number of rotatable bonds is 1. The summed E-state index contributed by atoms with van der Waals surface area (Å²) in [5.74, 6) is 0. The van der Waals surface area contributed by atoms with Crippen LogP contribution < -0.4 is 10.6 Å². The van der Waals surface area contributed by atoms with E-state index < -0.39 is 0 Å². The maximum absolute atomic E-state index is 5.41. The van der Waals surface area contributed by atoms with E-state index in [4.69, 9.17) is 4.74 Å². The Morgan fingerprint density at radius 2 is 2.40 bits per heavy atom. The Kier molecular flexibility index (Phi) is 1.86. The summed E-state index contributed by atoms with van der Waals surface area (Å²) >= 11 is 0. The summed E-state index contributed by atoms with van der Waals surface area (Å²) in [6, 6.07) is 0. The lowest BCUT2D eigenvalue weighted by Crippen LogP contribution is -2.41. The maximum Gasteiger partial charge on any atom is 0.167 e. The molecule has 2 saturated heterocycles. The van der Waals surface area contributed by atoms with Crippen molar-refractivity contribution in [3.8, 4) is 0 Å². The Morgan fingerprint density at radius 3 is 3.00 bits per heavy atom. The molecule has 0 aromatic heterocycles. The second-order valence-corrected chi connectivity index (χ2v) is 2.65. The van der Waals surface area contributed by atoms with Gasteiger partial charge in [-0.1, -0.05) is 0 Å². The molecule has 0 aromatic carbocycles. The van der Waals surface area contributed by atoms with E-state index in [-0.39, 0.29) is 6.35 Å². The lowest BCUT2D eigenvalue weighted by atomic mass is 10.6. The molecule has 2 heterocycles. The predicted octanol–water partition coefficient (Wildman–Crippen LogP) is -1.25. The molecular formula is C6H13N3O. The summed E-state index contributed by atoms with van der Waals surface area (Å²) in [6.45, 7) is 4.97. The molecule has 2 rings (SSSR count). The van der Waals surface area contributed by atoms with Crippen molar-refractivity contribution in [2.45, 2.75) is 6.35 Å². The molecule has 10 heavy (non-hydrogen) atoms. The second kappa shape index (κ2) is 2.84. The molecule has 0 spiro atoms. The van der Waals surface area contributed by atoms with Gasteiger partial charge < -0.3 is 10.1 Å². The Hall–Kier alpha value is -0.160. The molecule has 0 saturated carbocycles. The van der Waals surface area contributed by atoms with Gasteiger partial charge in [-0.15, -0.1) is 0 Å². The van der Waals surface area contributed by atoms with E-state index in [9.17, 15) is 0 Å². The lowest BCUT2D eigenvalue weighted by molar-refractivity contribution is -0.0188. The molecule has 4 heteroatoms. The van der Waals surface area contributed by atoms with Crippen LogP contribution in [0.4, 0.5) is 0 Å². The molecule has 2 fully saturated rings. The van der Waals surface area contributed by atoms with Crippen LogP contribution in [0.5, 0.6) is 0 Å². The average molecular weight is 143 g/mol. The minimum absolute atomic E-state index is 0.176. The number of hydrogen-bond donors (Lipinski definition) is 2. The van der Waals surface area contributed by atoms with Crippen molar-refractivity contribution in [3.63, 3.8) is 0 Å². The Labute approximate surface area is 60.5 Å². The van der Waals surface area contributed by atoms with Gasteiger partial charge in [-0.25, -0.2) is 0 Å². The van der Waals surface area contributed by atoms with Crippen molar-refractivity contribution in [2.75, 3.05) is 32.9 Å². The van der Waals surface area contributed by atoms with Gasteiger partial charge in [0.1, 0.15) is 0 Å². The van der Waals surface area contributed by atoms with Crippen LogP contribution in [-0.2, 0) is 4.74 Å². The van der Waals surface area contributed by atoms with E-state index in [2.05, 4.69) is 15.5 Å². The van der Waals surface area contributed by atoms with Crippen LogP contribution in [0.3, 0.4) is 0 Å². The van der Waals surface area contributed by atoms with Crippen LogP contribution in [-0.4, -0.2) is 44.2 Å². The Balaban J connectivity index is 1.85. The fraction of sp³-hybridized carbons (Fsp3) is 1.00. The monoisotopic (exact) mass is 143 g/mol. The summed E-state index contributed by atoms with van der Waals surface area (Å²) in [4.78, 5) is 2.26. The van der Waals surface area contributed by atoms with E-state index in [1.165, 1.54) is 0 Å². The normalized spacial score (nSPS) is 35.4. The molecule has 0 aromatic rings. The van der Waals surface area contributed by atoms with Gasteiger partial charge in [-0.05, 0) is 0 Å². The summed E-state index contributed by atoms with van der Waals surface area (Å²) < 4.78 is 5.41. The van der Waals surface area contributed by atoms with Crippen LogP contribution in [0.2, 0.25) is 0 Å². The first kappa shape index (κ1) is 6.54. The highest BCUT2D eigenvalue weighted by Crippen LogP contribution is 2.03. The number of nitrogens with zero attached hydrogens (tertiary/aromatic N) is 1. The largest absolute Gasteiger partial charge is 0.348 e. The van der Waals surface area contributed by atoms with E-state index in [0.29, 0.717) is 0 Å². The van der Waals surface area contributed by atoms with Gasteiger partial charge in [0.25, 0.3) is 0 Å². The topological polar surface area (TPSA) is 36.5 Å². The van der Waals surface area contributed by atoms with Gasteiger partial charge >= 0.3 is 0 Å². The summed E-state index contributed by atoms with van der Waals surface area (Å²) in [5, 5.41) is 6.52. The molecular weight excluding hydrogens is 130 g/mol. The lowest BCUT2D eigenvalue weighted by Gasteiger charge is -2.20. The SMILES string of the molecule is C1CN(C2NCCO2)CN1. The molecule has 0 aliphatic carbocycles. The molecule has 0 radical (unpaired) electrons. The zero-order chi connectivity index (χ0) is 6.81. The van der Waals surface area contributed by atoms with Crippen LogP contribution in [0.25, 0.3) is 0 Å². The molecule has 0 amide bonds. The molecule has 58 valence electrons. The van der Waals surface area contributed by atoms with Crippen molar-refractivity contribution < 1.29 is 4.74 Å². The molecule has 1 unspecified atom stereocenters. The summed E-state index contributed by atoms with van der Waals surface area (Å²) in [7, 11) is 0. The van der Waals surface area contributed by atoms with Gasteiger partial charge in [0.2, 0.25) is 0 Å². The third-order valence-corrected chi connectivity index (χ3v) is 1.92. The highest BCUT2D eigenvalue weighted by atomic mass is 16.5. The van der Waals surface area contributed by atoms with Crippen molar-refractivity contribution in [3.05, 3.63) is 0 Å². The molecule has 2 aliphatic heterocycles. The highest BCUT2D eigenvalue weighted by molar-refractivity contribution is 4.71. The van der Waals surface area contributed by atoms with Crippen molar-refractivity contribution in [2.24, 2.45) is 0 Å². The van der Waals surface area contributed by atoms with E-state index >= 15 is 0 Å². The van der Waals surface area contributed by atoms with E-state index in [1.54, 1.807) is 0 Å². The fourth-order valence-corrected chi connectivity index (χ4v) is 1.37. The number of nitrogens with one attached hydrogen (secondary N) is 2. The van der Waals surface area contributed by atoms with Crippen molar-refractivity contribution in [1.29, 1.82) is 0 Å². The minimum Gasteiger partial charge on any atom is -0.348 e. The Bertz CT molecular complexity index is 93.6. The van der Waals surface area contributed by atoms with Gasteiger partial charge in [-0.3, -0.25) is 10.2 Å². The number of hydrogen-bond acceptors (Lipinski definition) is 4. The molecule has 0 bridgehead atoms. The number of ether oxygens (including phenoxy) is 1. The van der Waals surface area contributed by atoms with Crippen LogP contribution in [0.15, 0.2) is 0 Å².